The number of nitrogens with one attached hydrogen (secondary N) is 2. The van der Waals surface area contributed by atoms with Gasteiger partial charge in [0.1, 0.15) is 5.70 Å². The minimum Gasteiger partial charge on any atom is -0.466 e. The van der Waals surface area contributed by atoms with Crippen LogP contribution in [0.5, 0.6) is 0 Å². The number of methoxy groups -OCH3 is 1. The van der Waals surface area contributed by atoms with Crippen LogP contribution < -0.4 is 10.6 Å². The van der Waals surface area contributed by atoms with E-state index < -0.39 is 16.8 Å². The number of nitro benzene ring substituents is 1. The fourth-order valence-electron chi connectivity index (χ4n) is 1.59. The molecule has 0 aliphatic heterocycles. The molecule has 0 saturated carbocycles. The van der Waals surface area contributed by atoms with Crippen molar-refractivity contribution < 1.29 is 19.2 Å². The zero-order valence-corrected chi connectivity index (χ0v) is 12.5. The molecule has 0 fully saturated rings. The van der Waals surface area contributed by atoms with Crippen LogP contribution in [0.4, 0.5) is 11.4 Å². The number of benzene rings is 1. The van der Waals surface area contributed by atoms with Gasteiger partial charge < -0.3 is 15.4 Å². The molecule has 1 amide bonds. The van der Waals surface area contributed by atoms with Gasteiger partial charge in [-0.1, -0.05) is 6.07 Å². The number of hydrogen-bond acceptors (Lipinski definition) is 6. The first-order valence-corrected chi connectivity index (χ1v) is 6.49. The molecule has 0 atom stereocenters. The average Bonchev–Trinajstić information content (AvgIpc) is 2.48. The van der Waals surface area contributed by atoms with E-state index in [0.717, 1.165) is 6.08 Å². The Balaban J connectivity index is 3.16. The van der Waals surface area contributed by atoms with Gasteiger partial charge in [0, 0.05) is 24.4 Å². The fraction of sp³-hybridized carbons (Fsp3) is 0.286. The Bertz CT molecular complexity index is 625. The van der Waals surface area contributed by atoms with Crippen LogP contribution in [-0.4, -0.2) is 30.5 Å². The maximum Gasteiger partial charge on any atom is 0.332 e. The number of esters is 1. The summed E-state index contributed by atoms with van der Waals surface area (Å²) in [7, 11) is 1.19. The van der Waals surface area contributed by atoms with Gasteiger partial charge in [-0.3, -0.25) is 14.9 Å². The Morgan fingerprint density at radius 2 is 2.09 bits per heavy atom. The second-order valence-corrected chi connectivity index (χ2v) is 4.32. The first-order valence-electron chi connectivity index (χ1n) is 6.49. The number of ether oxygens (including phenoxy) is 1. The van der Waals surface area contributed by atoms with Crippen molar-refractivity contribution in [1.82, 2.24) is 5.32 Å². The highest BCUT2D eigenvalue weighted by molar-refractivity contribution is 6.01. The Labute approximate surface area is 127 Å². The van der Waals surface area contributed by atoms with Crippen molar-refractivity contribution in [3.8, 4) is 0 Å². The van der Waals surface area contributed by atoms with E-state index in [-0.39, 0.29) is 11.4 Å². The van der Waals surface area contributed by atoms with Gasteiger partial charge in [-0.2, -0.15) is 0 Å². The zero-order chi connectivity index (χ0) is 16.7. The molecule has 0 saturated heterocycles. The van der Waals surface area contributed by atoms with Gasteiger partial charge in [-0.25, -0.2) is 4.79 Å². The molecule has 2 N–H and O–H groups in total. The predicted molar refractivity (Wildman–Crippen MR) is 80.2 cm³/mol. The summed E-state index contributed by atoms with van der Waals surface area (Å²) < 4.78 is 4.50. The maximum atomic E-state index is 11.9. The number of non-ortho nitro benzene ring substituents is 1. The van der Waals surface area contributed by atoms with Crippen LogP contribution in [0, 0.1) is 17.0 Å². The van der Waals surface area contributed by atoms with E-state index in [1.165, 1.54) is 19.2 Å². The number of hydrogen-bond donors (Lipinski definition) is 2. The SMILES string of the molecule is CCNC(=O)/C(=C/C(=O)OC)Nc1cc([N+](=O)[O-])ccc1C. The molecule has 0 heterocycles. The summed E-state index contributed by atoms with van der Waals surface area (Å²) in [4.78, 5) is 33.6. The van der Waals surface area contributed by atoms with Crippen molar-refractivity contribution in [3.05, 3.63) is 45.6 Å². The fourth-order valence-corrected chi connectivity index (χ4v) is 1.59. The summed E-state index contributed by atoms with van der Waals surface area (Å²) in [5.41, 5.74) is 0.861. The molecule has 22 heavy (non-hydrogen) atoms. The molecule has 0 aliphatic carbocycles. The largest absolute Gasteiger partial charge is 0.466 e. The van der Waals surface area contributed by atoms with E-state index >= 15 is 0 Å². The smallest absolute Gasteiger partial charge is 0.332 e. The highest BCUT2D eigenvalue weighted by Gasteiger charge is 2.15. The quantitative estimate of drug-likeness (QED) is 0.357. The maximum absolute atomic E-state index is 11.9. The lowest BCUT2D eigenvalue weighted by molar-refractivity contribution is -0.384. The lowest BCUT2D eigenvalue weighted by Gasteiger charge is -2.12. The van der Waals surface area contributed by atoms with E-state index in [9.17, 15) is 19.7 Å². The highest BCUT2D eigenvalue weighted by Crippen LogP contribution is 2.23. The molecule has 1 aromatic rings. The monoisotopic (exact) mass is 307 g/mol. The molecule has 1 aromatic carbocycles. The molecule has 0 radical (unpaired) electrons. The number of aryl methyl sites for hydroxylation is 1. The summed E-state index contributed by atoms with van der Waals surface area (Å²) >= 11 is 0. The number of amides is 1. The van der Waals surface area contributed by atoms with Crippen molar-refractivity contribution in [2.24, 2.45) is 0 Å². The number of nitro groups is 1. The number of carbonyl (C=O) groups excluding carboxylic acids is 2. The topological polar surface area (TPSA) is 111 Å². The molecule has 0 aliphatic rings. The van der Waals surface area contributed by atoms with Crippen molar-refractivity contribution in [2.75, 3.05) is 19.0 Å². The van der Waals surface area contributed by atoms with Crippen LogP contribution in [0.1, 0.15) is 12.5 Å². The third kappa shape index (κ3) is 4.58. The number of likely N-dealkylation sites (N-methyl/N-ethyl adjacent to an activating group) is 1. The molecule has 8 heteroatoms. The Hall–Kier alpha value is -2.90. The molecule has 0 unspecified atom stereocenters. The first-order chi connectivity index (χ1) is 10.4. The Morgan fingerprint density at radius 1 is 1.41 bits per heavy atom. The van der Waals surface area contributed by atoms with Crippen LogP contribution in [0.2, 0.25) is 0 Å². The summed E-state index contributed by atoms with van der Waals surface area (Å²) in [6.45, 7) is 3.82. The summed E-state index contributed by atoms with van der Waals surface area (Å²) in [5, 5.41) is 16.1. The van der Waals surface area contributed by atoms with Gasteiger partial charge in [-0.05, 0) is 19.4 Å². The Morgan fingerprint density at radius 3 is 2.64 bits per heavy atom. The minimum absolute atomic E-state index is 0.0581. The third-order valence-corrected chi connectivity index (χ3v) is 2.75. The van der Waals surface area contributed by atoms with Crippen molar-refractivity contribution in [2.45, 2.75) is 13.8 Å². The number of anilines is 1. The third-order valence-electron chi connectivity index (χ3n) is 2.75. The van der Waals surface area contributed by atoms with Crippen molar-refractivity contribution in [1.29, 1.82) is 0 Å². The van der Waals surface area contributed by atoms with Gasteiger partial charge in [0.05, 0.1) is 18.1 Å². The lowest BCUT2D eigenvalue weighted by atomic mass is 10.1. The van der Waals surface area contributed by atoms with Gasteiger partial charge in [-0.15, -0.1) is 0 Å². The van der Waals surface area contributed by atoms with E-state index in [2.05, 4.69) is 15.4 Å². The number of carbonyl (C=O) groups is 2. The molecule has 118 valence electrons. The van der Waals surface area contributed by atoms with Crippen molar-refractivity contribution in [3.63, 3.8) is 0 Å². The van der Waals surface area contributed by atoms with Gasteiger partial charge in [0.2, 0.25) is 0 Å². The van der Waals surface area contributed by atoms with Gasteiger partial charge in [0.25, 0.3) is 11.6 Å². The predicted octanol–water partition coefficient (Wildman–Crippen LogP) is 1.51. The molecule has 0 bridgehead atoms. The standard InChI is InChI=1S/C14H17N3O5/c1-4-15-14(19)12(8-13(18)22-3)16-11-7-10(17(20)21)6-5-9(11)2/h5-8,16H,4H2,1-3H3,(H,15,19)/b12-8-. The second-order valence-electron chi connectivity index (χ2n) is 4.32. The van der Waals surface area contributed by atoms with E-state index in [4.69, 9.17) is 0 Å². The van der Waals surface area contributed by atoms with E-state index in [0.29, 0.717) is 17.8 Å². The van der Waals surface area contributed by atoms with Crippen LogP contribution in [0.3, 0.4) is 0 Å². The zero-order valence-electron chi connectivity index (χ0n) is 12.5. The molecule has 0 spiro atoms. The minimum atomic E-state index is -0.711. The molecule has 1 rings (SSSR count). The van der Waals surface area contributed by atoms with Gasteiger partial charge in [0.15, 0.2) is 0 Å². The number of nitrogens with zero attached hydrogens (tertiary/aromatic N) is 1. The summed E-state index contributed by atoms with van der Waals surface area (Å²) in [6.07, 6.45) is 0.989. The summed E-state index contributed by atoms with van der Waals surface area (Å²) in [5.74, 6) is -1.23. The van der Waals surface area contributed by atoms with Crippen molar-refractivity contribution >= 4 is 23.3 Å². The Kier molecular flexibility index (Phi) is 6.06. The van der Waals surface area contributed by atoms with E-state index in [1.807, 2.05) is 0 Å². The molecule has 0 aromatic heterocycles. The molecular weight excluding hydrogens is 290 g/mol. The summed E-state index contributed by atoms with van der Waals surface area (Å²) in [6, 6.07) is 4.20. The average molecular weight is 307 g/mol. The normalized spacial score (nSPS) is 10.8. The highest BCUT2D eigenvalue weighted by atomic mass is 16.6. The molecular formula is C14H17N3O5. The molecule has 8 nitrogen and oxygen atoms in total. The first kappa shape index (κ1) is 17.2. The van der Waals surface area contributed by atoms with Gasteiger partial charge >= 0.3 is 5.97 Å². The van der Waals surface area contributed by atoms with Crippen LogP contribution in [0.15, 0.2) is 30.0 Å². The lowest BCUT2D eigenvalue weighted by Crippen LogP contribution is -2.28. The second kappa shape index (κ2) is 7.77. The van der Waals surface area contributed by atoms with E-state index in [1.54, 1.807) is 19.9 Å². The van der Waals surface area contributed by atoms with Crippen LogP contribution in [0.25, 0.3) is 0 Å². The number of rotatable bonds is 6. The van der Waals surface area contributed by atoms with Crippen LogP contribution >= 0.6 is 0 Å². The van der Waals surface area contributed by atoms with Crippen LogP contribution in [-0.2, 0) is 14.3 Å².